The number of fused-ring (bicyclic) bond motifs is 1. The van der Waals surface area contributed by atoms with E-state index < -0.39 is 0 Å². The van der Waals surface area contributed by atoms with Crippen LogP contribution >= 0.6 is 11.6 Å². The molecule has 5 heteroatoms. The first-order chi connectivity index (χ1) is 11.7. The van der Waals surface area contributed by atoms with E-state index in [2.05, 4.69) is 4.98 Å². The summed E-state index contributed by atoms with van der Waals surface area (Å²) in [5, 5.41) is 0.682. The van der Waals surface area contributed by atoms with Gasteiger partial charge in [0.1, 0.15) is 12.4 Å². The van der Waals surface area contributed by atoms with Gasteiger partial charge in [0.05, 0.1) is 12.0 Å². The van der Waals surface area contributed by atoms with Crippen molar-refractivity contribution in [3.8, 4) is 5.75 Å². The Kier molecular flexibility index (Phi) is 4.15. The van der Waals surface area contributed by atoms with Gasteiger partial charge in [-0.3, -0.25) is 9.78 Å². The topological polar surface area (TPSA) is 42.4 Å². The van der Waals surface area contributed by atoms with E-state index in [-0.39, 0.29) is 17.9 Å². The van der Waals surface area contributed by atoms with Gasteiger partial charge in [0.2, 0.25) is 5.91 Å². The van der Waals surface area contributed by atoms with E-state index in [1.54, 1.807) is 12.4 Å². The van der Waals surface area contributed by atoms with Crippen molar-refractivity contribution in [3.05, 3.63) is 58.9 Å². The number of halogens is 1. The van der Waals surface area contributed by atoms with E-state index in [1.807, 2.05) is 35.2 Å². The van der Waals surface area contributed by atoms with Gasteiger partial charge in [0, 0.05) is 24.0 Å². The predicted octanol–water partition coefficient (Wildman–Crippen LogP) is 3.65. The van der Waals surface area contributed by atoms with Crippen LogP contribution in [0.1, 0.15) is 30.0 Å². The van der Waals surface area contributed by atoms with Crippen molar-refractivity contribution in [1.29, 1.82) is 0 Å². The molecule has 2 atom stereocenters. The molecule has 2 aliphatic heterocycles. The fraction of sp³-hybridized carbons (Fsp3) is 0.368. The van der Waals surface area contributed by atoms with E-state index >= 15 is 0 Å². The first-order valence-corrected chi connectivity index (χ1v) is 8.72. The third kappa shape index (κ3) is 2.86. The Bertz CT molecular complexity index is 750. The van der Waals surface area contributed by atoms with Crippen LogP contribution in [-0.2, 0) is 11.2 Å². The molecule has 1 amide bonds. The second-order valence-corrected chi connectivity index (χ2v) is 6.87. The highest BCUT2D eigenvalue weighted by Gasteiger charge is 2.36. The van der Waals surface area contributed by atoms with Crippen molar-refractivity contribution in [2.24, 2.45) is 5.92 Å². The molecule has 0 radical (unpaired) electrons. The average molecular weight is 343 g/mol. The van der Waals surface area contributed by atoms with Crippen LogP contribution in [0.25, 0.3) is 0 Å². The predicted molar refractivity (Wildman–Crippen MR) is 92.1 cm³/mol. The number of carbonyl (C=O) groups excluding carboxylic acids is 1. The summed E-state index contributed by atoms with van der Waals surface area (Å²) in [7, 11) is 0. The van der Waals surface area contributed by atoms with Crippen LogP contribution in [0.2, 0.25) is 5.02 Å². The number of aromatic nitrogens is 1. The number of ether oxygens (including phenoxy) is 1. The molecule has 2 aromatic rings. The maximum atomic E-state index is 13.1. The zero-order valence-electron chi connectivity index (χ0n) is 13.3. The van der Waals surface area contributed by atoms with Crippen LogP contribution in [0.15, 0.2) is 42.7 Å². The summed E-state index contributed by atoms with van der Waals surface area (Å²) in [6.07, 6.45) is 6.31. The highest BCUT2D eigenvalue weighted by atomic mass is 35.5. The molecule has 4 rings (SSSR count). The number of hydrogen-bond donors (Lipinski definition) is 0. The summed E-state index contributed by atoms with van der Waals surface area (Å²) in [4.78, 5) is 19.2. The molecular formula is C19H19ClN2O2. The SMILES string of the molecule is O=C([C@H]1COc2ccc(Cl)cc2C1)N1CCC[C@@H]1c1ccncc1. The highest BCUT2D eigenvalue weighted by molar-refractivity contribution is 6.30. The van der Waals surface area contributed by atoms with Gasteiger partial charge in [-0.25, -0.2) is 0 Å². The molecule has 0 saturated carbocycles. The number of hydrogen-bond acceptors (Lipinski definition) is 3. The van der Waals surface area contributed by atoms with Crippen LogP contribution < -0.4 is 4.74 Å². The standard InChI is InChI=1S/C19H19ClN2O2/c20-16-3-4-18-14(11-16)10-15(12-24-18)19(23)22-9-1-2-17(22)13-5-7-21-8-6-13/h3-8,11,15,17H,1-2,9-10,12H2/t15-,17-/m1/s1. The van der Waals surface area contributed by atoms with E-state index in [0.717, 1.165) is 36.3 Å². The summed E-state index contributed by atoms with van der Waals surface area (Å²) in [5.74, 6) is 0.883. The van der Waals surface area contributed by atoms with Crippen LogP contribution in [0, 0.1) is 5.92 Å². The first kappa shape index (κ1) is 15.5. The molecule has 2 aliphatic rings. The molecule has 0 unspecified atom stereocenters. The van der Waals surface area contributed by atoms with Gasteiger partial charge in [0.15, 0.2) is 0 Å². The van der Waals surface area contributed by atoms with E-state index in [4.69, 9.17) is 16.3 Å². The third-order valence-corrected chi connectivity index (χ3v) is 5.14. The molecule has 0 N–H and O–H groups in total. The Labute approximate surface area is 146 Å². The smallest absolute Gasteiger partial charge is 0.229 e. The Morgan fingerprint density at radius 1 is 1.25 bits per heavy atom. The molecule has 24 heavy (non-hydrogen) atoms. The monoisotopic (exact) mass is 342 g/mol. The number of rotatable bonds is 2. The lowest BCUT2D eigenvalue weighted by Crippen LogP contribution is -2.40. The highest BCUT2D eigenvalue weighted by Crippen LogP contribution is 2.35. The van der Waals surface area contributed by atoms with E-state index in [9.17, 15) is 4.79 Å². The van der Waals surface area contributed by atoms with Crippen molar-refractivity contribution < 1.29 is 9.53 Å². The van der Waals surface area contributed by atoms with Gasteiger partial charge >= 0.3 is 0 Å². The van der Waals surface area contributed by atoms with Crippen LogP contribution in [-0.4, -0.2) is 28.9 Å². The van der Waals surface area contributed by atoms with Gasteiger partial charge in [-0.15, -0.1) is 0 Å². The minimum atomic E-state index is -0.140. The molecule has 0 aliphatic carbocycles. The minimum absolute atomic E-state index is 0.140. The Morgan fingerprint density at radius 2 is 2.08 bits per heavy atom. The summed E-state index contributed by atoms with van der Waals surface area (Å²) < 4.78 is 5.80. The normalized spacial score (nSPS) is 22.8. The molecule has 4 nitrogen and oxygen atoms in total. The molecule has 3 heterocycles. The van der Waals surface area contributed by atoms with Crippen molar-refractivity contribution >= 4 is 17.5 Å². The van der Waals surface area contributed by atoms with Crippen molar-refractivity contribution in [2.45, 2.75) is 25.3 Å². The lowest BCUT2D eigenvalue weighted by Gasteiger charge is -2.31. The number of amides is 1. The lowest BCUT2D eigenvalue weighted by molar-refractivity contribution is -0.137. The summed E-state index contributed by atoms with van der Waals surface area (Å²) in [6.45, 7) is 1.25. The molecule has 1 aromatic carbocycles. The molecule has 0 bridgehead atoms. The van der Waals surface area contributed by atoms with E-state index in [0.29, 0.717) is 18.1 Å². The molecule has 1 fully saturated rings. The van der Waals surface area contributed by atoms with E-state index in [1.165, 1.54) is 0 Å². The van der Waals surface area contributed by atoms with Gasteiger partial charge in [-0.2, -0.15) is 0 Å². The summed E-state index contributed by atoms with van der Waals surface area (Å²) >= 11 is 6.08. The van der Waals surface area contributed by atoms with Crippen LogP contribution in [0.3, 0.4) is 0 Å². The second-order valence-electron chi connectivity index (χ2n) is 6.43. The first-order valence-electron chi connectivity index (χ1n) is 8.34. The van der Waals surface area contributed by atoms with Gasteiger partial charge in [-0.05, 0) is 60.7 Å². The lowest BCUT2D eigenvalue weighted by atomic mass is 9.94. The zero-order valence-corrected chi connectivity index (χ0v) is 14.1. The fourth-order valence-corrected chi connectivity index (χ4v) is 3.91. The maximum absolute atomic E-state index is 13.1. The quantitative estimate of drug-likeness (QED) is 0.836. The van der Waals surface area contributed by atoms with Crippen molar-refractivity contribution in [3.63, 3.8) is 0 Å². The molecule has 1 saturated heterocycles. The summed E-state index contributed by atoms with van der Waals surface area (Å²) in [6, 6.07) is 9.77. The number of pyridine rings is 1. The third-order valence-electron chi connectivity index (χ3n) is 4.90. The minimum Gasteiger partial charge on any atom is -0.492 e. The number of carbonyl (C=O) groups is 1. The van der Waals surface area contributed by atoms with Crippen LogP contribution in [0.5, 0.6) is 5.75 Å². The van der Waals surface area contributed by atoms with Crippen LogP contribution in [0.4, 0.5) is 0 Å². The van der Waals surface area contributed by atoms with Crippen molar-refractivity contribution in [1.82, 2.24) is 9.88 Å². The zero-order chi connectivity index (χ0) is 16.5. The van der Waals surface area contributed by atoms with Gasteiger partial charge in [-0.1, -0.05) is 11.6 Å². The van der Waals surface area contributed by atoms with Crippen molar-refractivity contribution in [2.75, 3.05) is 13.2 Å². The average Bonchev–Trinajstić information content (AvgIpc) is 3.11. The second kappa shape index (κ2) is 6.44. The Morgan fingerprint density at radius 3 is 2.92 bits per heavy atom. The fourth-order valence-electron chi connectivity index (χ4n) is 3.72. The van der Waals surface area contributed by atoms with Gasteiger partial charge in [0.25, 0.3) is 0 Å². The Balaban J connectivity index is 1.53. The van der Waals surface area contributed by atoms with Gasteiger partial charge < -0.3 is 9.64 Å². The Hall–Kier alpha value is -2.07. The molecular weight excluding hydrogens is 324 g/mol. The summed E-state index contributed by atoms with van der Waals surface area (Å²) in [5.41, 5.74) is 2.18. The molecule has 1 aromatic heterocycles. The molecule has 0 spiro atoms. The number of benzene rings is 1. The number of likely N-dealkylation sites (tertiary alicyclic amines) is 1. The number of nitrogens with zero attached hydrogens (tertiary/aromatic N) is 2. The molecule has 124 valence electrons. The maximum Gasteiger partial charge on any atom is 0.229 e. The largest absolute Gasteiger partial charge is 0.492 e.